The van der Waals surface area contributed by atoms with Crippen molar-refractivity contribution in [3.05, 3.63) is 59.1 Å². The van der Waals surface area contributed by atoms with E-state index in [-0.39, 0.29) is 40.7 Å². The fourth-order valence-electron chi connectivity index (χ4n) is 2.04. The zero-order valence-electron chi connectivity index (χ0n) is 12.3. The van der Waals surface area contributed by atoms with Gasteiger partial charge in [-0.05, 0) is 24.3 Å². The van der Waals surface area contributed by atoms with Crippen molar-refractivity contribution in [2.24, 2.45) is 0 Å². The van der Waals surface area contributed by atoms with Gasteiger partial charge in [0.05, 0.1) is 22.6 Å². The van der Waals surface area contributed by atoms with Crippen LogP contribution in [-0.4, -0.2) is 17.6 Å². The molecule has 0 aliphatic heterocycles. The Morgan fingerprint density at radius 2 is 2.09 bits per heavy atom. The van der Waals surface area contributed by atoms with Gasteiger partial charge in [0.1, 0.15) is 24.2 Å². The van der Waals surface area contributed by atoms with Crippen LogP contribution in [0.4, 0.5) is 0 Å². The molecular formula is C16H10NNaO5. The Morgan fingerprint density at radius 1 is 1.26 bits per heavy atom. The van der Waals surface area contributed by atoms with Crippen LogP contribution < -0.4 is 44.8 Å². The smallest absolute Gasteiger partial charge is 0.546 e. The number of hydrogen-bond acceptors (Lipinski definition) is 6. The molecule has 0 aliphatic carbocycles. The summed E-state index contributed by atoms with van der Waals surface area (Å²) >= 11 is 0. The van der Waals surface area contributed by atoms with Crippen molar-refractivity contribution >= 4 is 16.9 Å². The molecule has 3 rings (SSSR count). The van der Waals surface area contributed by atoms with E-state index in [0.717, 1.165) is 0 Å². The molecule has 0 amide bonds. The molecule has 1 aromatic carbocycles. The Kier molecular flexibility index (Phi) is 5.54. The van der Waals surface area contributed by atoms with Crippen LogP contribution in [0.5, 0.6) is 5.75 Å². The van der Waals surface area contributed by atoms with Gasteiger partial charge in [-0.1, -0.05) is 6.07 Å². The summed E-state index contributed by atoms with van der Waals surface area (Å²) in [4.78, 5) is 27.0. The number of benzene rings is 1. The van der Waals surface area contributed by atoms with E-state index >= 15 is 0 Å². The minimum Gasteiger partial charge on any atom is -0.546 e. The van der Waals surface area contributed by atoms with E-state index in [4.69, 9.17) is 9.15 Å². The van der Waals surface area contributed by atoms with Crippen LogP contribution >= 0.6 is 0 Å². The molecule has 0 atom stereocenters. The van der Waals surface area contributed by atoms with E-state index in [1.165, 1.54) is 24.5 Å². The van der Waals surface area contributed by atoms with Crippen LogP contribution in [0.15, 0.2) is 58.1 Å². The van der Waals surface area contributed by atoms with Crippen LogP contribution in [0.1, 0.15) is 0 Å². The molecule has 0 saturated heterocycles. The number of carboxylic acids is 1. The van der Waals surface area contributed by atoms with Crippen molar-refractivity contribution in [3.63, 3.8) is 0 Å². The van der Waals surface area contributed by atoms with Gasteiger partial charge in [0.15, 0.2) is 0 Å². The summed E-state index contributed by atoms with van der Waals surface area (Å²) in [5, 5.41) is 10.7. The second-order valence-electron chi connectivity index (χ2n) is 4.51. The van der Waals surface area contributed by atoms with Crippen molar-refractivity contribution < 1.29 is 48.6 Å². The van der Waals surface area contributed by atoms with E-state index in [9.17, 15) is 14.7 Å². The van der Waals surface area contributed by atoms with Crippen LogP contribution in [0.25, 0.3) is 22.2 Å². The van der Waals surface area contributed by atoms with Crippen LogP contribution in [0, 0.1) is 0 Å². The summed E-state index contributed by atoms with van der Waals surface area (Å²) in [6, 6.07) is 9.75. The first kappa shape index (κ1) is 17.2. The maximum Gasteiger partial charge on any atom is 1.00 e. The maximum absolute atomic E-state index is 12.5. The van der Waals surface area contributed by atoms with Crippen LogP contribution in [-0.2, 0) is 4.79 Å². The van der Waals surface area contributed by atoms with Crippen molar-refractivity contribution in [1.29, 1.82) is 0 Å². The number of carboxylic acid groups (broad SMARTS) is 1. The molecule has 2 heterocycles. The summed E-state index contributed by atoms with van der Waals surface area (Å²) in [5.74, 6) is -1.04. The standard InChI is InChI=1S/C16H11NO5.Na/c18-15(19)9-21-10-4-5-11-14(7-10)22-8-12(16(11)20)13-3-1-2-6-17-13;/h1-8H,9H2,(H,18,19);/q;+1/p-1. The second-order valence-corrected chi connectivity index (χ2v) is 4.51. The molecule has 23 heavy (non-hydrogen) atoms. The molecule has 2 aromatic heterocycles. The molecule has 0 saturated carbocycles. The Morgan fingerprint density at radius 3 is 2.78 bits per heavy atom. The van der Waals surface area contributed by atoms with E-state index in [1.807, 2.05) is 0 Å². The zero-order valence-corrected chi connectivity index (χ0v) is 14.3. The number of ether oxygens (including phenoxy) is 1. The van der Waals surface area contributed by atoms with Gasteiger partial charge < -0.3 is 19.1 Å². The minimum atomic E-state index is -1.33. The van der Waals surface area contributed by atoms with Gasteiger partial charge in [0.2, 0.25) is 5.43 Å². The van der Waals surface area contributed by atoms with E-state index in [2.05, 4.69) is 4.98 Å². The van der Waals surface area contributed by atoms with Crippen molar-refractivity contribution in [2.45, 2.75) is 0 Å². The van der Waals surface area contributed by atoms with E-state index < -0.39 is 12.6 Å². The van der Waals surface area contributed by atoms with Gasteiger partial charge in [-0.2, -0.15) is 0 Å². The first-order valence-electron chi connectivity index (χ1n) is 6.45. The number of carbonyl (C=O) groups excluding carboxylic acids is 1. The van der Waals surface area contributed by atoms with Gasteiger partial charge >= 0.3 is 29.6 Å². The number of nitrogens with zero attached hydrogens (tertiary/aromatic N) is 1. The van der Waals surface area contributed by atoms with Gasteiger partial charge in [0, 0.05) is 12.3 Å². The molecule has 0 aliphatic rings. The predicted octanol–water partition coefficient (Wildman–Crippen LogP) is -2.01. The molecule has 0 fully saturated rings. The SMILES string of the molecule is O=C([O-])COc1ccc2c(=O)c(-c3ccccn3)coc2c1.[Na+]. The van der Waals surface area contributed by atoms with Crippen LogP contribution in [0.2, 0.25) is 0 Å². The summed E-state index contributed by atoms with van der Waals surface area (Å²) in [5.41, 5.74) is 0.971. The summed E-state index contributed by atoms with van der Waals surface area (Å²) in [7, 11) is 0. The fourth-order valence-corrected chi connectivity index (χ4v) is 2.04. The maximum atomic E-state index is 12.5. The number of carbonyl (C=O) groups is 1. The molecular weight excluding hydrogens is 309 g/mol. The van der Waals surface area contributed by atoms with Gasteiger partial charge in [-0.15, -0.1) is 0 Å². The molecule has 7 heteroatoms. The van der Waals surface area contributed by atoms with Crippen molar-refractivity contribution in [3.8, 4) is 17.0 Å². The third-order valence-corrected chi connectivity index (χ3v) is 3.04. The number of pyridine rings is 1. The average molecular weight is 319 g/mol. The molecule has 0 N–H and O–H groups in total. The fraction of sp³-hybridized carbons (Fsp3) is 0.0625. The predicted molar refractivity (Wildman–Crippen MR) is 76.2 cm³/mol. The Bertz CT molecular complexity index is 892. The van der Waals surface area contributed by atoms with E-state index in [0.29, 0.717) is 22.2 Å². The molecule has 0 radical (unpaired) electrons. The Hall–Kier alpha value is -2.15. The van der Waals surface area contributed by atoms with Gasteiger partial charge in [-0.3, -0.25) is 9.78 Å². The Labute approximate surface area is 153 Å². The van der Waals surface area contributed by atoms with Crippen molar-refractivity contribution in [2.75, 3.05) is 6.61 Å². The molecule has 0 unspecified atom stereocenters. The largest absolute Gasteiger partial charge is 1.00 e. The summed E-state index contributed by atoms with van der Waals surface area (Å²) < 4.78 is 10.4. The molecule has 0 spiro atoms. The number of fused-ring (bicyclic) bond motifs is 1. The molecule has 110 valence electrons. The third-order valence-electron chi connectivity index (χ3n) is 3.04. The quantitative estimate of drug-likeness (QED) is 0.516. The number of aromatic nitrogens is 1. The number of hydrogen-bond donors (Lipinski definition) is 0. The third kappa shape index (κ3) is 3.79. The topological polar surface area (TPSA) is 92.5 Å². The first-order valence-corrected chi connectivity index (χ1v) is 6.45. The van der Waals surface area contributed by atoms with E-state index in [1.54, 1.807) is 24.4 Å². The molecule has 3 aromatic rings. The average Bonchev–Trinajstić information content (AvgIpc) is 2.54. The molecule has 0 bridgehead atoms. The monoisotopic (exact) mass is 319 g/mol. The molecule has 6 nitrogen and oxygen atoms in total. The Balaban J connectivity index is 0.00000192. The van der Waals surface area contributed by atoms with Crippen LogP contribution in [0.3, 0.4) is 0 Å². The number of rotatable bonds is 4. The second kappa shape index (κ2) is 7.41. The summed E-state index contributed by atoms with van der Waals surface area (Å²) in [6.45, 7) is -0.568. The summed E-state index contributed by atoms with van der Waals surface area (Å²) in [6.07, 6.45) is 2.92. The zero-order chi connectivity index (χ0) is 15.5. The van der Waals surface area contributed by atoms with Gasteiger partial charge in [0.25, 0.3) is 0 Å². The van der Waals surface area contributed by atoms with Crippen molar-refractivity contribution in [1.82, 2.24) is 4.98 Å². The normalized spacial score (nSPS) is 10.1. The number of aliphatic carboxylic acids is 1. The minimum absolute atomic E-state index is 0. The van der Waals surface area contributed by atoms with Gasteiger partial charge in [-0.25, -0.2) is 0 Å². The first-order chi connectivity index (χ1) is 10.6.